The Bertz CT molecular complexity index is 503. The van der Waals surface area contributed by atoms with Crippen molar-refractivity contribution in [3.05, 3.63) is 23.8 Å². The highest BCUT2D eigenvalue weighted by Gasteiger charge is 2.14. The smallest absolute Gasteiger partial charge is 0.228 e. The van der Waals surface area contributed by atoms with Gasteiger partial charge in [-0.1, -0.05) is 6.92 Å². The second-order valence-corrected chi connectivity index (χ2v) is 6.02. The van der Waals surface area contributed by atoms with E-state index in [-0.39, 0.29) is 11.2 Å². The fourth-order valence-electron chi connectivity index (χ4n) is 1.61. The molecule has 0 aliphatic carbocycles. The van der Waals surface area contributed by atoms with E-state index in [4.69, 9.17) is 5.73 Å². The van der Waals surface area contributed by atoms with E-state index in [9.17, 15) is 8.42 Å². The van der Waals surface area contributed by atoms with Crippen LogP contribution >= 0.6 is 0 Å². The van der Waals surface area contributed by atoms with Crippen LogP contribution in [0.3, 0.4) is 0 Å². The molecule has 0 aromatic heterocycles. The van der Waals surface area contributed by atoms with Gasteiger partial charge in [-0.3, -0.25) is 5.01 Å². The molecule has 0 fully saturated rings. The van der Waals surface area contributed by atoms with Crippen LogP contribution in [0.25, 0.3) is 0 Å². The molecule has 0 radical (unpaired) electrons. The number of hydrogen-bond acceptors (Lipinski definition) is 4. The number of anilines is 2. The van der Waals surface area contributed by atoms with Crippen LogP contribution in [0, 0.1) is 6.92 Å². The van der Waals surface area contributed by atoms with E-state index in [1.54, 1.807) is 17.1 Å². The van der Waals surface area contributed by atoms with Crippen LogP contribution in [0.5, 0.6) is 0 Å². The van der Waals surface area contributed by atoms with Gasteiger partial charge in [0.05, 0.1) is 11.4 Å². The predicted molar refractivity (Wildman–Crippen MR) is 79.4 cm³/mol. The number of nitrogens with one attached hydrogen (secondary N) is 1. The minimum Gasteiger partial charge on any atom is -0.412 e. The van der Waals surface area contributed by atoms with Gasteiger partial charge in [0.2, 0.25) is 10.0 Å². The van der Waals surface area contributed by atoms with E-state index in [0.29, 0.717) is 18.7 Å². The van der Waals surface area contributed by atoms with E-state index >= 15 is 0 Å². The highest BCUT2D eigenvalue weighted by Crippen LogP contribution is 2.19. The molecule has 0 aliphatic rings. The minimum absolute atomic E-state index is 0. The van der Waals surface area contributed by atoms with E-state index in [1.165, 1.54) is 0 Å². The Morgan fingerprint density at radius 2 is 1.95 bits per heavy atom. The highest BCUT2D eigenvalue weighted by atomic mass is 32.2. The number of aryl methyl sites for hydroxylation is 1. The van der Waals surface area contributed by atoms with Crippen molar-refractivity contribution < 1.29 is 13.9 Å². The number of hydrogen-bond donors (Lipinski definition) is 2. The van der Waals surface area contributed by atoms with Gasteiger partial charge in [0.15, 0.2) is 0 Å². The summed E-state index contributed by atoms with van der Waals surface area (Å²) in [6.45, 7) is 6.17. The summed E-state index contributed by atoms with van der Waals surface area (Å²) in [5.41, 5.74) is 8.17. The number of rotatable bonds is 6. The van der Waals surface area contributed by atoms with Crippen LogP contribution in [-0.2, 0) is 10.0 Å². The lowest BCUT2D eigenvalue weighted by molar-refractivity contribution is 0.575. The standard InChI is InChI=1S/C12H21N3O2S.H2O/c1-4-8-18(16,17)14-15(5-2)11-6-7-12(13)10(3)9-11;/h6-7,9,14H,4-5,8,13H2,1-3H3;1H2. The van der Waals surface area contributed by atoms with Gasteiger partial charge in [0.1, 0.15) is 0 Å². The first kappa shape index (κ1) is 17.7. The molecule has 0 heterocycles. The second kappa shape index (κ2) is 7.32. The van der Waals surface area contributed by atoms with Gasteiger partial charge >= 0.3 is 0 Å². The summed E-state index contributed by atoms with van der Waals surface area (Å²) in [6.07, 6.45) is 0.591. The molecular weight excluding hydrogens is 266 g/mol. The van der Waals surface area contributed by atoms with Crippen LogP contribution in [-0.4, -0.2) is 26.2 Å². The van der Waals surface area contributed by atoms with Crippen molar-refractivity contribution in [2.45, 2.75) is 27.2 Å². The Morgan fingerprint density at radius 1 is 1.32 bits per heavy atom. The van der Waals surface area contributed by atoms with Crippen LogP contribution in [0.15, 0.2) is 18.2 Å². The maximum absolute atomic E-state index is 11.7. The summed E-state index contributed by atoms with van der Waals surface area (Å²) in [6, 6.07) is 5.45. The largest absolute Gasteiger partial charge is 0.412 e. The Balaban J connectivity index is 0.00000324. The Labute approximate surface area is 114 Å². The minimum atomic E-state index is -3.27. The van der Waals surface area contributed by atoms with Gasteiger partial charge < -0.3 is 11.2 Å². The normalized spacial score (nSPS) is 10.9. The maximum atomic E-state index is 11.7. The molecule has 110 valence electrons. The lowest BCUT2D eigenvalue weighted by Gasteiger charge is -2.24. The molecule has 0 atom stereocenters. The fraction of sp³-hybridized carbons (Fsp3) is 0.500. The molecular formula is C12H23N3O3S. The lowest BCUT2D eigenvalue weighted by atomic mass is 10.2. The molecule has 0 aliphatic heterocycles. The number of nitrogens with zero attached hydrogens (tertiary/aromatic N) is 1. The number of hydrazine groups is 1. The van der Waals surface area contributed by atoms with Crippen molar-refractivity contribution in [1.82, 2.24) is 4.83 Å². The zero-order valence-electron chi connectivity index (χ0n) is 11.6. The predicted octanol–water partition coefficient (Wildman–Crippen LogP) is 0.823. The molecule has 0 saturated carbocycles. The van der Waals surface area contributed by atoms with Gasteiger partial charge in [0.25, 0.3) is 0 Å². The molecule has 0 unspecified atom stereocenters. The Morgan fingerprint density at radius 3 is 2.42 bits per heavy atom. The van der Waals surface area contributed by atoms with E-state index < -0.39 is 10.0 Å². The van der Waals surface area contributed by atoms with Crippen molar-refractivity contribution in [3.8, 4) is 0 Å². The summed E-state index contributed by atoms with van der Waals surface area (Å²) in [7, 11) is -3.27. The molecule has 1 aromatic carbocycles. The first-order valence-electron chi connectivity index (χ1n) is 6.03. The van der Waals surface area contributed by atoms with Crippen molar-refractivity contribution in [3.63, 3.8) is 0 Å². The monoisotopic (exact) mass is 289 g/mol. The molecule has 5 N–H and O–H groups in total. The zero-order valence-corrected chi connectivity index (χ0v) is 12.4. The van der Waals surface area contributed by atoms with Crippen molar-refractivity contribution in [1.29, 1.82) is 0 Å². The fourth-order valence-corrected chi connectivity index (χ4v) is 2.81. The van der Waals surface area contributed by atoms with Gasteiger partial charge in [-0.15, -0.1) is 4.83 Å². The Hall–Kier alpha value is -1.31. The molecule has 0 amide bonds. The summed E-state index contributed by atoms with van der Waals surface area (Å²) in [5, 5.41) is 1.61. The number of sulfonamides is 1. The van der Waals surface area contributed by atoms with Crippen LogP contribution < -0.4 is 15.6 Å². The third-order valence-corrected chi connectivity index (χ3v) is 4.05. The summed E-state index contributed by atoms with van der Waals surface area (Å²) in [5.74, 6) is 0.122. The summed E-state index contributed by atoms with van der Waals surface area (Å²) in [4.78, 5) is 2.57. The van der Waals surface area contributed by atoms with E-state index in [1.807, 2.05) is 26.8 Å². The third-order valence-electron chi connectivity index (χ3n) is 2.60. The van der Waals surface area contributed by atoms with Crippen LogP contribution in [0.1, 0.15) is 25.8 Å². The molecule has 0 bridgehead atoms. The van der Waals surface area contributed by atoms with Gasteiger partial charge in [0, 0.05) is 12.2 Å². The maximum Gasteiger partial charge on any atom is 0.228 e. The zero-order chi connectivity index (χ0) is 13.8. The van der Waals surface area contributed by atoms with Crippen molar-refractivity contribution >= 4 is 21.4 Å². The number of benzene rings is 1. The summed E-state index contributed by atoms with van der Waals surface area (Å²) < 4.78 is 23.5. The molecule has 1 rings (SSSR count). The van der Waals surface area contributed by atoms with E-state index in [0.717, 1.165) is 11.3 Å². The van der Waals surface area contributed by atoms with Crippen LogP contribution in [0.2, 0.25) is 0 Å². The second-order valence-electron chi connectivity index (χ2n) is 4.20. The van der Waals surface area contributed by atoms with Gasteiger partial charge in [-0.05, 0) is 44.0 Å². The average molecular weight is 289 g/mol. The SMILES string of the molecule is CCCS(=O)(=O)NN(CC)c1ccc(N)c(C)c1.O. The Kier molecular flexibility index (Phi) is 6.82. The molecule has 1 aromatic rings. The number of nitrogens with two attached hydrogens (primary N) is 1. The van der Waals surface area contributed by atoms with E-state index in [2.05, 4.69) is 4.83 Å². The van der Waals surface area contributed by atoms with Crippen LogP contribution in [0.4, 0.5) is 11.4 Å². The third kappa shape index (κ3) is 5.06. The first-order chi connectivity index (χ1) is 8.39. The topological polar surface area (TPSA) is 107 Å². The number of nitrogen functional groups attached to an aromatic ring is 1. The quantitative estimate of drug-likeness (QED) is 0.597. The first-order valence-corrected chi connectivity index (χ1v) is 7.68. The van der Waals surface area contributed by atoms with Gasteiger partial charge in [-0.25, -0.2) is 8.42 Å². The van der Waals surface area contributed by atoms with Crippen molar-refractivity contribution in [2.24, 2.45) is 0 Å². The lowest BCUT2D eigenvalue weighted by Crippen LogP contribution is -2.43. The van der Waals surface area contributed by atoms with Gasteiger partial charge in [-0.2, -0.15) is 0 Å². The molecule has 6 nitrogen and oxygen atoms in total. The molecule has 19 heavy (non-hydrogen) atoms. The molecule has 7 heteroatoms. The average Bonchev–Trinajstić information content (AvgIpc) is 2.30. The highest BCUT2D eigenvalue weighted by molar-refractivity contribution is 7.89. The molecule has 0 saturated heterocycles. The molecule has 0 spiro atoms. The summed E-state index contributed by atoms with van der Waals surface area (Å²) >= 11 is 0. The van der Waals surface area contributed by atoms with Crippen molar-refractivity contribution in [2.75, 3.05) is 23.0 Å².